The Morgan fingerprint density at radius 1 is 1.57 bits per heavy atom. The number of nitrogens with one attached hydrogen (secondary N) is 1. The van der Waals surface area contributed by atoms with Crippen molar-refractivity contribution in [1.82, 2.24) is 19.5 Å². The molecule has 0 saturated heterocycles. The minimum atomic E-state index is -0.344. The highest BCUT2D eigenvalue weighted by molar-refractivity contribution is 5.70. The first-order chi connectivity index (χ1) is 10.1. The van der Waals surface area contributed by atoms with Gasteiger partial charge in [0.2, 0.25) is 5.95 Å². The molecule has 0 spiro atoms. The number of anilines is 1. The summed E-state index contributed by atoms with van der Waals surface area (Å²) in [6.07, 6.45) is 3.31. The molecule has 0 amide bonds. The summed E-state index contributed by atoms with van der Waals surface area (Å²) < 4.78 is 11.3. The molecule has 2 aromatic heterocycles. The fourth-order valence-corrected chi connectivity index (χ4v) is 2.70. The Hall–Kier alpha value is -2.22. The van der Waals surface area contributed by atoms with Gasteiger partial charge in [-0.25, -0.2) is 4.98 Å². The third-order valence-electron chi connectivity index (χ3n) is 3.75. The lowest BCUT2D eigenvalue weighted by Gasteiger charge is -2.15. The molecule has 2 atom stereocenters. The topological polar surface area (TPSA) is 110 Å². The van der Waals surface area contributed by atoms with E-state index in [0.29, 0.717) is 12.8 Å². The lowest BCUT2D eigenvalue weighted by atomic mass is 10.0. The number of hydrogen-bond donors (Lipinski definition) is 3. The van der Waals surface area contributed by atoms with Crippen LogP contribution in [0.5, 0.6) is 0 Å². The van der Waals surface area contributed by atoms with Crippen molar-refractivity contribution in [3.8, 4) is 0 Å². The fraction of sp³-hybridized carbons (Fsp3) is 0.462. The Labute approximate surface area is 120 Å². The van der Waals surface area contributed by atoms with Crippen molar-refractivity contribution in [2.75, 3.05) is 19.5 Å². The highest BCUT2D eigenvalue weighted by atomic mass is 19.1. The third kappa shape index (κ3) is 2.54. The predicted octanol–water partition coefficient (Wildman–Crippen LogP) is 0.787. The van der Waals surface area contributed by atoms with Crippen LogP contribution in [0.3, 0.4) is 0 Å². The molecular formula is C13H18FN5O2. The smallest absolute Gasteiger partial charge is 0.280 e. The summed E-state index contributed by atoms with van der Waals surface area (Å²) >= 11 is 0. The molecule has 0 aromatic carbocycles. The average Bonchev–Trinajstić information content (AvgIpc) is 3.04. The maximum absolute atomic E-state index is 11.7. The molecule has 2 unspecified atom stereocenters. The van der Waals surface area contributed by atoms with Gasteiger partial charge in [-0.2, -0.15) is 4.98 Å². The van der Waals surface area contributed by atoms with Gasteiger partial charge in [-0.05, 0) is 18.4 Å². The maximum Gasteiger partial charge on any atom is 0.280 e. The van der Waals surface area contributed by atoms with E-state index in [-0.39, 0.29) is 35.6 Å². The molecule has 7 nitrogen and oxygen atoms in total. The Balaban J connectivity index is 0.000000774. The molecule has 3 rings (SSSR count). The number of rotatable bonds is 2. The summed E-state index contributed by atoms with van der Waals surface area (Å²) in [4.78, 5) is 22.4. The standard InChI is InChI=1S/C12H15N5O2.CH3F/c1-6-7(4-18)2-3-8(6)17-5-14-9-10(17)15-12(13)16-11(9)19;1-2/h5,7-8,18H,1-4H2,(H3,13,15,16,19);1H3. The van der Waals surface area contributed by atoms with E-state index in [4.69, 9.17) is 5.73 Å². The van der Waals surface area contributed by atoms with Crippen LogP contribution < -0.4 is 11.3 Å². The highest BCUT2D eigenvalue weighted by Gasteiger charge is 2.30. The van der Waals surface area contributed by atoms with Gasteiger partial charge in [0.15, 0.2) is 11.2 Å². The van der Waals surface area contributed by atoms with Gasteiger partial charge in [0.05, 0.1) is 19.5 Å². The fourth-order valence-electron chi connectivity index (χ4n) is 2.70. The van der Waals surface area contributed by atoms with Crippen LogP contribution in [0.25, 0.3) is 11.2 Å². The molecule has 8 heteroatoms. The summed E-state index contributed by atoms with van der Waals surface area (Å²) in [5.74, 6) is 0.170. The molecule has 114 valence electrons. The van der Waals surface area contributed by atoms with Crippen molar-refractivity contribution in [2.24, 2.45) is 5.92 Å². The Kier molecular flexibility index (Phi) is 4.37. The van der Waals surface area contributed by atoms with Crippen LogP contribution in [0.15, 0.2) is 23.3 Å². The zero-order chi connectivity index (χ0) is 15.6. The molecule has 21 heavy (non-hydrogen) atoms. The number of aromatic amines is 1. The number of aliphatic hydroxyl groups is 1. The first-order valence-electron chi connectivity index (χ1n) is 6.51. The summed E-state index contributed by atoms with van der Waals surface area (Å²) in [6, 6.07) is 0.0100. The van der Waals surface area contributed by atoms with E-state index in [0.717, 1.165) is 18.4 Å². The average molecular weight is 295 g/mol. The quantitative estimate of drug-likeness (QED) is 0.709. The predicted molar refractivity (Wildman–Crippen MR) is 77.6 cm³/mol. The monoisotopic (exact) mass is 295 g/mol. The minimum absolute atomic E-state index is 0.0100. The van der Waals surface area contributed by atoms with Crippen molar-refractivity contribution in [3.63, 3.8) is 0 Å². The zero-order valence-corrected chi connectivity index (χ0v) is 11.7. The van der Waals surface area contributed by atoms with E-state index < -0.39 is 0 Å². The summed E-state index contributed by atoms with van der Waals surface area (Å²) in [5, 5.41) is 9.28. The summed E-state index contributed by atoms with van der Waals surface area (Å²) in [5.41, 5.74) is 6.91. The van der Waals surface area contributed by atoms with Crippen molar-refractivity contribution in [2.45, 2.75) is 18.9 Å². The first kappa shape index (κ1) is 15.2. The summed E-state index contributed by atoms with van der Waals surface area (Å²) in [7, 11) is 0.500. The Morgan fingerprint density at radius 3 is 2.90 bits per heavy atom. The Morgan fingerprint density at radius 2 is 2.29 bits per heavy atom. The lowest BCUT2D eigenvalue weighted by Crippen LogP contribution is -2.14. The number of nitrogens with zero attached hydrogens (tertiary/aromatic N) is 3. The number of alkyl halides is 1. The van der Waals surface area contributed by atoms with Crippen LogP contribution in [0.2, 0.25) is 0 Å². The molecule has 0 bridgehead atoms. The second-order valence-corrected chi connectivity index (χ2v) is 4.82. The van der Waals surface area contributed by atoms with Gasteiger partial charge in [0.1, 0.15) is 0 Å². The zero-order valence-electron chi connectivity index (χ0n) is 11.7. The molecule has 1 aliphatic carbocycles. The lowest BCUT2D eigenvalue weighted by molar-refractivity contribution is 0.249. The number of hydrogen-bond acceptors (Lipinski definition) is 5. The van der Waals surface area contributed by atoms with Crippen LogP contribution in [0.4, 0.5) is 10.3 Å². The maximum atomic E-state index is 11.7. The van der Waals surface area contributed by atoms with E-state index >= 15 is 0 Å². The van der Waals surface area contributed by atoms with Crippen molar-refractivity contribution >= 4 is 17.1 Å². The second-order valence-electron chi connectivity index (χ2n) is 4.82. The van der Waals surface area contributed by atoms with E-state index in [1.165, 1.54) is 0 Å². The highest BCUT2D eigenvalue weighted by Crippen LogP contribution is 2.39. The molecule has 2 heterocycles. The van der Waals surface area contributed by atoms with E-state index in [1.54, 1.807) is 6.33 Å². The third-order valence-corrected chi connectivity index (χ3v) is 3.75. The molecule has 4 N–H and O–H groups in total. The van der Waals surface area contributed by atoms with Crippen LogP contribution in [-0.2, 0) is 0 Å². The molecule has 1 saturated carbocycles. The summed E-state index contributed by atoms with van der Waals surface area (Å²) in [6.45, 7) is 4.14. The number of halogens is 1. The number of aromatic nitrogens is 4. The van der Waals surface area contributed by atoms with Crippen molar-refractivity contribution < 1.29 is 9.50 Å². The van der Waals surface area contributed by atoms with E-state index in [2.05, 4.69) is 21.5 Å². The number of aliphatic hydroxyl groups excluding tert-OH is 1. The van der Waals surface area contributed by atoms with Gasteiger partial charge in [-0.3, -0.25) is 14.2 Å². The number of nitrogens with two attached hydrogens (primary N) is 1. The normalized spacial score (nSPS) is 21.4. The van der Waals surface area contributed by atoms with Crippen LogP contribution in [0.1, 0.15) is 18.9 Å². The molecular weight excluding hydrogens is 277 g/mol. The van der Waals surface area contributed by atoms with Crippen molar-refractivity contribution in [1.29, 1.82) is 0 Å². The van der Waals surface area contributed by atoms with Gasteiger partial charge in [0, 0.05) is 12.5 Å². The van der Waals surface area contributed by atoms with E-state index in [9.17, 15) is 14.3 Å². The number of H-pyrrole nitrogens is 1. The number of imidazole rings is 1. The number of nitrogen functional groups attached to an aromatic ring is 1. The van der Waals surface area contributed by atoms with Crippen LogP contribution in [-0.4, -0.2) is 38.4 Å². The largest absolute Gasteiger partial charge is 0.396 e. The first-order valence-corrected chi connectivity index (χ1v) is 6.51. The van der Waals surface area contributed by atoms with Crippen LogP contribution in [0, 0.1) is 5.92 Å². The van der Waals surface area contributed by atoms with E-state index in [1.807, 2.05) is 4.57 Å². The molecule has 1 fully saturated rings. The molecule has 1 aliphatic rings. The second kappa shape index (κ2) is 6.04. The van der Waals surface area contributed by atoms with Gasteiger partial charge in [-0.15, -0.1) is 0 Å². The molecule has 2 aromatic rings. The van der Waals surface area contributed by atoms with Gasteiger partial charge in [0.25, 0.3) is 5.56 Å². The number of fused-ring (bicyclic) bond motifs is 1. The van der Waals surface area contributed by atoms with Gasteiger partial charge in [-0.1, -0.05) is 6.58 Å². The van der Waals surface area contributed by atoms with Crippen molar-refractivity contribution in [3.05, 3.63) is 28.8 Å². The SMILES string of the molecule is C=C1C(CO)CCC1n1cnc2c(=O)[nH]c(N)nc21.CF. The van der Waals surface area contributed by atoms with Crippen LogP contribution >= 0.6 is 0 Å². The molecule has 0 aliphatic heterocycles. The van der Waals surface area contributed by atoms with Gasteiger partial charge < -0.3 is 15.4 Å². The molecule has 0 radical (unpaired) electrons. The minimum Gasteiger partial charge on any atom is -0.396 e. The Bertz CT molecular complexity index is 708. The van der Waals surface area contributed by atoms with Gasteiger partial charge >= 0.3 is 0 Å².